The van der Waals surface area contributed by atoms with Crippen LogP contribution in [-0.2, 0) is 4.74 Å². The van der Waals surface area contributed by atoms with Crippen LogP contribution in [-0.4, -0.2) is 28.9 Å². The van der Waals surface area contributed by atoms with Gasteiger partial charge in [0, 0.05) is 0 Å². The molecule has 1 fully saturated rings. The number of carbonyl (C=O) groups excluding carboxylic acids is 1. The van der Waals surface area contributed by atoms with Gasteiger partial charge in [-0.25, -0.2) is 9.59 Å². The minimum Gasteiger partial charge on any atom is -0.478 e. The molecule has 0 atom stereocenters. The summed E-state index contributed by atoms with van der Waals surface area (Å²) in [6.45, 7) is -0.677. The van der Waals surface area contributed by atoms with E-state index in [-0.39, 0.29) is 11.5 Å². The second kappa shape index (κ2) is 6.52. The molecule has 5 nitrogen and oxygen atoms in total. The van der Waals surface area contributed by atoms with Crippen LogP contribution in [0.25, 0.3) is 0 Å². The van der Waals surface area contributed by atoms with E-state index in [2.05, 4.69) is 4.74 Å². The van der Waals surface area contributed by atoms with E-state index < -0.39 is 18.7 Å². The Balaban J connectivity index is 2.39. The van der Waals surface area contributed by atoms with E-state index in [9.17, 15) is 9.59 Å². The summed E-state index contributed by atoms with van der Waals surface area (Å²) in [4.78, 5) is 22.9. The lowest BCUT2D eigenvalue weighted by Crippen LogP contribution is -2.14. The first-order valence-electron chi connectivity index (χ1n) is 6.78. The maximum Gasteiger partial charge on any atom is 0.340 e. The number of carbonyl (C=O) groups is 2. The molecule has 2 N–H and O–H groups in total. The fourth-order valence-electron chi connectivity index (χ4n) is 2.77. The summed E-state index contributed by atoms with van der Waals surface area (Å²) in [6, 6.07) is 4.43. The molecule has 0 aromatic heterocycles. The number of carboxylic acids is 1. The van der Waals surface area contributed by atoms with Crippen molar-refractivity contribution in [2.45, 2.75) is 38.0 Å². The molecule has 0 radical (unpaired) electrons. The van der Waals surface area contributed by atoms with Gasteiger partial charge in [-0.3, -0.25) is 0 Å². The highest BCUT2D eigenvalue weighted by atomic mass is 16.6. The predicted molar refractivity (Wildman–Crippen MR) is 71.7 cm³/mol. The van der Waals surface area contributed by atoms with E-state index in [4.69, 9.17) is 10.2 Å². The van der Waals surface area contributed by atoms with Crippen LogP contribution in [0, 0.1) is 0 Å². The standard InChI is InChI=1S/C15H18O5/c16-9-20-15(19)12-7-6-11(14(17)18)8-13(12)10-4-2-1-3-5-10/h6-8,10,16H,1-5,9H2,(H,17,18). The Labute approximate surface area is 117 Å². The Hall–Kier alpha value is -1.88. The molecule has 0 heterocycles. The number of ether oxygens (including phenoxy) is 1. The van der Waals surface area contributed by atoms with Crippen molar-refractivity contribution in [1.82, 2.24) is 0 Å². The molecule has 1 saturated carbocycles. The van der Waals surface area contributed by atoms with Crippen molar-refractivity contribution < 1.29 is 24.5 Å². The summed E-state index contributed by atoms with van der Waals surface area (Å²) in [5, 5.41) is 17.8. The zero-order valence-corrected chi connectivity index (χ0v) is 11.2. The summed E-state index contributed by atoms with van der Waals surface area (Å²) in [6.07, 6.45) is 5.23. The fraction of sp³-hybridized carbons (Fsp3) is 0.467. The number of hydrogen-bond acceptors (Lipinski definition) is 4. The minimum atomic E-state index is -1.01. The summed E-state index contributed by atoms with van der Waals surface area (Å²) in [5.74, 6) is -1.43. The summed E-state index contributed by atoms with van der Waals surface area (Å²) in [5.41, 5.74) is 1.25. The maximum absolute atomic E-state index is 11.9. The molecule has 0 bridgehead atoms. The molecule has 5 heteroatoms. The second-order valence-corrected chi connectivity index (χ2v) is 5.00. The van der Waals surface area contributed by atoms with E-state index >= 15 is 0 Å². The van der Waals surface area contributed by atoms with Gasteiger partial charge in [0.05, 0.1) is 11.1 Å². The van der Waals surface area contributed by atoms with Gasteiger partial charge in [-0.2, -0.15) is 0 Å². The molecule has 108 valence electrons. The van der Waals surface area contributed by atoms with Gasteiger partial charge < -0.3 is 14.9 Å². The number of carboxylic acid groups (broad SMARTS) is 1. The van der Waals surface area contributed by atoms with Crippen LogP contribution in [0.2, 0.25) is 0 Å². The third kappa shape index (κ3) is 3.17. The smallest absolute Gasteiger partial charge is 0.340 e. The average Bonchev–Trinajstić information content (AvgIpc) is 2.47. The molecule has 0 spiro atoms. The highest BCUT2D eigenvalue weighted by Gasteiger charge is 2.23. The van der Waals surface area contributed by atoms with Crippen molar-refractivity contribution in [3.05, 3.63) is 34.9 Å². The van der Waals surface area contributed by atoms with Crippen LogP contribution in [0.4, 0.5) is 0 Å². The lowest BCUT2D eigenvalue weighted by molar-refractivity contribution is 0.00662. The Morgan fingerprint density at radius 3 is 2.50 bits per heavy atom. The van der Waals surface area contributed by atoms with Crippen LogP contribution < -0.4 is 0 Å². The van der Waals surface area contributed by atoms with Gasteiger partial charge in [0.1, 0.15) is 0 Å². The monoisotopic (exact) mass is 278 g/mol. The third-order valence-electron chi connectivity index (χ3n) is 3.76. The summed E-state index contributed by atoms with van der Waals surface area (Å²) < 4.78 is 4.63. The van der Waals surface area contributed by atoms with Crippen LogP contribution in [0.3, 0.4) is 0 Å². The molecule has 0 unspecified atom stereocenters. The Morgan fingerprint density at radius 1 is 1.20 bits per heavy atom. The number of esters is 1. The van der Waals surface area contributed by atoms with E-state index in [0.29, 0.717) is 5.56 Å². The van der Waals surface area contributed by atoms with Crippen LogP contribution in [0.15, 0.2) is 18.2 Å². The lowest BCUT2D eigenvalue weighted by atomic mass is 9.81. The van der Waals surface area contributed by atoms with Gasteiger partial charge in [0.2, 0.25) is 0 Å². The number of hydrogen-bond donors (Lipinski definition) is 2. The first-order valence-corrected chi connectivity index (χ1v) is 6.78. The van der Waals surface area contributed by atoms with E-state index in [0.717, 1.165) is 31.2 Å². The Bertz CT molecular complexity index is 503. The molecule has 1 aliphatic rings. The molecular weight excluding hydrogens is 260 g/mol. The zero-order valence-electron chi connectivity index (χ0n) is 11.2. The fourth-order valence-corrected chi connectivity index (χ4v) is 2.77. The highest BCUT2D eigenvalue weighted by molar-refractivity contribution is 5.94. The van der Waals surface area contributed by atoms with Gasteiger partial charge in [-0.15, -0.1) is 0 Å². The van der Waals surface area contributed by atoms with Crippen molar-refractivity contribution in [2.75, 3.05) is 6.79 Å². The maximum atomic E-state index is 11.9. The average molecular weight is 278 g/mol. The van der Waals surface area contributed by atoms with E-state index in [1.807, 2.05) is 0 Å². The predicted octanol–water partition coefficient (Wildman–Crippen LogP) is 2.54. The van der Waals surface area contributed by atoms with Gasteiger partial charge in [0.15, 0.2) is 6.79 Å². The molecule has 0 amide bonds. The largest absolute Gasteiger partial charge is 0.478 e. The normalized spacial score (nSPS) is 15.8. The molecule has 1 aromatic rings. The SMILES string of the molecule is O=C(O)c1ccc(C(=O)OCO)c(C2CCCCC2)c1. The molecule has 0 aliphatic heterocycles. The van der Waals surface area contributed by atoms with E-state index in [1.54, 1.807) is 6.07 Å². The topological polar surface area (TPSA) is 83.8 Å². The first kappa shape index (κ1) is 14.5. The number of benzene rings is 1. The molecule has 0 saturated heterocycles. The minimum absolute atomic E-state index is 0.172. The Morgan fingerprint density at radius 2 is 1.90 bits per heavy atom. The molecule has 1 aromatic carbocycles. The van der Waals surface area contributed by atoms with Crippen molar-refractivity contribution in [3.8, 4) is 0 Å². The van der Waals surface area contributed by atoms with Crippen molar-refractivity contribution in [1.29, 1.82) is 0 Å². The zero-order chi connectivity index (χ0) is 14.5. The van der Waals surface area contributed by atoms with Gasteiger partial charge in [-0.1, -0.05) is 19.3 Å². The summed E-state index contributed by atoms with van der Waals surface area (Å²) in [7, 11) is 0. The Kier molecular flexibility index (Phi) is 4.74. The molecule has 20 heavy (non-hydrogen) atoms. The summed E-state index contributed by atoms with van der Waals surface area (Å²) >= 11 is 0. The second-order valence-electron chi connectivity index (χ2n) is 5.00. The van der Waals surface area contributed by atoms with Gasteiger partial charge in [-0.05, 0) is 42.5 Å². The quantitative estimate of drug-likeness (QED) is 0.653. The molecule has 1 aliphatic carbocycles. The molecule has 2 rings (SSSR count). The van der Waals surface area contributed by atoms with Gasteiger partial charge >= 0.3 is 11.9 Å². The van der Waals surface area contributed by atoms with E-state index in [1.165, 1.54) is 18.6 Å². The highest BCUT2D eigenvalue weighted by Crippen LogP contribution is 2.35. The van der Waals surface area contributed by atoms with Crippen molar-refractivity contribution in [2.24, 2.45) is 0 Å². The number of aromatic carboxylic acids is 1. The lowest BCUT2D eigenvalue weighted by Gasteiger charge is -2.24. The van der Waals surface area contributed by atoms with Crippen LogP contribution in [0.5, 0.6) is 0 Å². The number of aliphatic hydroxyl groups is 1. The molecular formula is C15H18O5. The first-order chi connectivity index (χ1) is 9.63. The number of rotatable bonds is 4. The number of aliphatic hydroxyl groups excluding tert-OH is 1. The van der Waals surface area contributed by atoms with Gasteiger partial charge in [0.25, 0.3) is 0 Å². The van der Waals surface area contributed by atoms with Crippen molar-refractivity contribution >= 4 is 11.9 Å². The van der Waals surface area contributed by atoms with Crippen molar-refractivity contribution in [3.63, 3.8) is 0 Å². The van der Waals surface area contributed by atoms with Crippen LogP contribution in [0.1, 0.15) is 64.3 Å². The van der Waals surface area contributed by atoms with Crippen LogP contribution >= 0.6 is 0 Å². The third-order valence-corrected chi connectivity index (χ3v) is 3.76.